The fraction of sp³-hybridized carbons (Fsp3) is 0.667. The van der Waals surface area contributed by atoms with Crippen LogP contribution in [0.1, 0.15) is 44.3 Å². The minimum absolute atomic E-state index is 0.266. The number of nitrogens with two attached hydrogens (primary N) is 1. The van der Waals surface area contributed by atoms with Crippen molar-refractivity contribution in [3.63, 3.8) is 0 Å². The third-order valence-corrected chi connectivity index (χ3v) is 5.86. The standard InChI is InChI=1S/C15H19N5/c16-12-11-13(18-7-17-12)20-14(19-11)15-4-8-1-9(5-15)3-10(2-8)6-15/h7-10H,1-6H2,(H3,16,17,18,19,20). The first-order chi connectivity index (χ1) is 9.72. The highest BCUT2D eigenvalue weighted by Crippen LogP contribution is 2.60. The van der Waals surface area contributed by atoms with Crippen molar-refractivity contribution in [1.29, 1.82) is 0 Å². The zero-order chi connectivity index (χ0) is 13.3. The Labute approximate surface area is 117 Å². The van der Waals surface area contributed by atoms with Crippen molar-refractivity contribution < 1.29 is 0 Å². The van der Waals surface area contributed by atoms with Gasteiger partial charge in [0.15, 0.2) is 11.5 Å². The minimum Gasteiger partial charge on any atom is -0.382 e. The number of nitrogens with zero attached hydrogens (tertiary/aromatic N) is 3. The lowest BCUT2D eigenvalue weighted by Gasteiger charge is -2.55. The van der Waals surface area contributed by atoms with E-state index < -0.39 is 0 Å². The van der Waals surface area contributed by atoms with Crippen LogP contribution in [-0.2, 0) is 5.41 Å². The molecule has 0 radical (unpaired) electrons. The van der Waals surface area contributed by atoms with Crippen molar-refractivity contribution in [3.8, 4) is 0 Å². The average molecular weight is 269 g/mol. The molecule has 0 atom stereocenters. The van der Waals surface area contributed by atoms with Crippen LogP contribution in [0.4, 0.5) is 5.82 Å². The maximum atomic E-state index is 5.94. The summed E-state index contributed by atoms with van der Waals surface area (Å²) >= 11 is 0. The number of hydrogen-bond acceptors (Lipinski definition) is 4. The molecule has 4 aliphatic carbocycles. The summed E-state index contributed by atoms with van der Waals surface area (Å²) in [5.74, 6) is 4.38. The second kappa shape index (κ2) is 3.51. The molecule has 20 heavy (non-hydrogen) atoms. The molecular formula is C15H19N5. The SMILES string of the molecule is Nc1ncnc2nc(C34CC5CC(CC(C5)C3)C4)[nH]c12. The van der Waals surface area contributed by atoms with Crippen molar-refractivity contribution in [2.75, 3.05) is 5.73 Å². The van der Waals surface area contributed by atoms with Gasteiger partial charge >= 0.3 is 0 Å². The Morgan fingerprint density at radius 1 is 1.05 bits per heavy atom. The van der Waals surface area contributed by atoms with Gasteiger partial charge in [-0.25, -0.2) is 15.0 Å². The molecule has 2 aromatic heterocycles. The van der Waals surface area contributed by atoms with Crippen LogP contribution in [0.15, 0.2) is 6.33 Å². The molecule has 4 fully saturated rings. The molecule has 5 nitrogen and oxygen atoms in total. The maximum absolute atomic E-state index is 5.94. The van der Waals surface area contributed by atoms with E-state index in [0.717, 1.165) is 34.7 Å². The van der Waals surface area contributed by atoms with Crippen LogP contribution in [0.25, 0.3) is 11.2 Å². The second-order valence-corrected chi connectivity index (χ2v) is 7.24. The minimum atomic E-state index is 0.266. The number of imidazole rings is 1. The molecule has 0 unspecified atom stereocenters. The molecule has 2 heterocycles. The van der Waals surface area contributed by atoms with Gasteiger partial charge in [-0.1, -0.05) is 0 Å². The van der Waals surface area contributed by atoms with Crippen LogP contribution >= 0.6 is 0 Å². The van der Waals surface area contributed by atoms with E-state index in [1.54, 1.807) is 0 Å². The van der Waals surface area contributed by atoms with Crippen molar-refractivity contribution in [3.05, 3.63) is 12.2 Å². The third kappa shape index (κ3) is 1.35. The van der Waals surface area contributed by atoms with Crippen molar-refractivity contribution >= 4 is 17.0 Å². The second-order valence-electron chi connectivity index (χ2n) is 7.24. The van der Waals surface area contributed by atoms with Crippen LogP contribution < -0.4 is 5.73 Å². The van der Waals surface area contributed by atoms with Gasteiger partial charge in [-0.2, -0.15) is 0 Å². The van der Waals surface area contributed by atoms with Crippen LogP contribution in [0, 0.1) is 17.8 Å². The summed E-state index contributed by atoms with van der Waals surface area (Å²) in [6, 6.07) is 0. The van der Waals surface area contributed by atoms with Crippen molar-refractivity contribution in [2.24, 2.45) is 17.8 Å². The van der Waals surface area contributed by atoms with Gasteiger partial charge in [-0.05, 0) is 56.3 Å². The lowest BCUT2D eigenvalue weighted by Crippen LogP contribution is -2.49. The van der Waals surface area contributed by atoms with E-state index in [9.17, 15) is 0 Å². The Kier molecular flexibility index (Phi) is 1.94. The smallest absolute Gasteiger partial charge is 0.183 e. The molecule has 6 rings (SSSR count). The molecule has 4 aliphatic rings. The van der Waals surface area contributed by atoms with Gasteiger partial charge in [-0.3, -0.25) is 0 Å². The number of hydrogen-bond donors (Lipinski definition) is 2. The summed E-state index contributed by atoms with van der Waals surface area (Å²) in [7, 11) is 0. The first-order valence-corrected chi connectivity index (χ1v) is 7.68. The summed E-state index contributed by atoms with van der Waals surface area (Å²) in [6.07, 6.45) is 9.73. The van der Waals surface area contributed by atoms with Gasteiger partial charge < -0.3 is 10.7 Å². The molecule has 4 bridgehead atoms. The molecule has 4 saturated carbocycles. The summed E-state index contributed by atoms with van der Waals surface area (Å²) in [5, 5.41) is 0. The summed E-state index contributed by atoms with van der Waals surface area (Å²) in [5.41, 5.74) is 7.75. The molecular weight excluding hydrogens is 250 g/mol. The molecule has 5 heteroatoms. The van der Waals surface area contributed by atoms with Gasteiger partial charge in [-0.15, -0.1) is 0 Å². The van der Waals surface area contributed by atoms with Gasteiger partial charge in [0.2, 0.25) is 0 Å². The number of fused-ring (bicyclic) bond motifs is 1. The van der Waals surface area contributed by atoms with E-state index in [0.29, 0.717) is 5.82 Å². The molecule has 104 valence electrons. The lowest BCUT2D eigenvalue weighted by atomic mass is 9.49. The number of nitrogen functional groups attached to an aromatic ring is 1. The topological polar surface area (TPSA) is 80.5 Å². The number of H-pyrrole nitrogens is 1. The van der Waals surface area contributed by atoms with Crippen LogP contribution in [0.3, 0.4) is 0 Å². The average Bonchev–Trinajstić information content (AvgIpc) is 2.83. The molecule has 0 saturated heterocycles. The lowest BCUT2D eigenvalue weighted by molar-refractivity contribution is -0.00887. The predicted octanol–water partition coefficient (Wildman–Crippen LogP) is 2.40. The number of anilines is 1. The highest BCUT2D eigenvalue weighted by Gasteiger charge is 2.53. The fourth-order valence-corrected chi connectivity index (χ4v) is 5.50. The van der Waals surface area contributed by atoms with Crippen LogP contribution in [0.2, 0.25) is 0 Å². The molecule has 0 aliphatic heterocycles. The number of aromatic nitrogens is 4. The summed E-state index contributed by atoms with van der Waals surface area (Å²) in [4.78, 5) is 16.6. The Hall–Kier alpha value is -1.65. The van der Waals surface area contributed by atoms with Gasteiger partial charge in [0.05, 0.1) is 0 Å². The Bertz CT molecular complexity index is 653. The molecule has 0 spiro atoms. The molecule has 2 aromatic rings. The Balaban J connectivity index is 1.65. The number of rotatable bonds is 1. The van der Waals surface area contributed by atoms with E-state index in [1.165, 1.54) is 44.9 Å². The molecule has 3 N–H and O–H groups in total. The maximum Gasteiger partial charge on any atom is 0.183 e. The quantitative estimate of drug-likeness (QED) is 0.833. The zero-order valence-electron chi connectivity index (χ0n) is 11.5. The van der Waals surface area contributed by atoms with Gasteiger partial charge in [0.1, 0.15) is 17.7 Å². The summed E-state index contributed by atoms with van der Waals surface area (Å²) in [6.45, 7) is 0. The Morgan fingerprint density at radius 3 is 2.30 bits per heavy atom. The highest BCUT2D eigenvalue weighted by atomic mass is 15.1. The molecule has 0 amide bonds. The van der Waals surface area contributed by atoms with E-state index in [2.05, 4.69) is 15.0 Å². The van der Waals surface area contributed by atoms with Crippen molar-refractivity contribution in [1.82, 2.24) is 19.9 Å². The molecule has 0 aromatic carbocycles. The zero-order valence-corrected chi connectivity index (χ0v) is 11.5. The van der Waals surface area contributed by atoms with E-state index >= 15 is 0 Å². The first-order valence-electron chi connectivity index (χ1n) is 7.68. The van der Waals surface area contributed by atoms with Crippen LogP contribution in [0.5, 0.6) is 0 Å². The van der Waals surface area contributed by atoms with Crippen molar-refractivity contribution in [2.45, 2.75) is 43.9 Å². The third-order valence-electron chi connectivity index (χ3n) is 5.86. The number of aromatic amines is 1. The fourth-order valence-electron chi connectivity index (χ4n) is 5.50. The Morgan fingerprint density at radius 2 is 1.70 bits per heavy atom. The van der Waals surface area contributed by atoms with E-state index in [-0.39, 0.29) is 5.41 Å². The highest BCUT2D eigenvalue weighted by molar-refractivity contribution is 5.81. The first kappa shape index (κ1) is 11.1. The van der Waals surface area contributed by atoms with Gasteiger partial charge in [0, 0.05) is 5.41 Å². The van der Waals surface area contributed by atoms with Crippen LogP contribution in [-0.4, -0.2) is 19.9 Å². The normalized spacial score (nSPS) is 38.7. The van der Waals surface area contributed by atoms with E-state index in [1.807, 2.05) is 0 Å². The predicted molar refractivity (Wildman–Crippen MR) is 75.9 cm³/mol. The van der Waals surface area contributed by atoms with Gasteiger partial charge in [0.25, 0.3) is 0 Å². The monoisotopic (exact) mass is 269 g/mol. The largest absolute Gasteiger partial charge is 0.382 e. The summed E-state index contributed by atoms with van der Waals surface area (Å²) < 4.78 is 0. The number of nitrogens with one attached hydrogen (secondary N) is 1. The van der Waals surface area contributed by atoms with E-state index in [4.69, 9.17) is 10.7 Å².